The molecule has 0 unspecified atom stereocenters. The zero-order chi connectivity index (χ0) is 28.0. The maximum absolute atomic E-state index is 14.6. The van der Waals surface area contributed by atoms with Gasteiger partial charge in [-0.1, -0.05) is 84.4 Å². The van der Waals surface area contributed by atoms with E-state index in [1.54, 1.807) is 12.1 Å². The maximum atomic E-state index is 14.6. The van der Waals surface area contributed by atoms with Gasteiger partial charge in [0.1, 0.15) is 11.5 Å². The van der Waals surface area contributed by atoms with Crippen LogP contribution in [0.25, 0.3) is 11.3 Å². The van der Waals surface area contributed by atoms with Gasteiger partial charge in [-0.15, -0.1) is 0 Å². The smallest absolute Gasteiger partial charge is 0.265 e. The molecule has 0 aliphatic heterocycles. The molecule has 2 atom stereocenters. The molecule has 0 saturated heterocycles. The van der Waals surface area contributed by atoms with E-state index in [4.69, 9.17) is 16.0 Å². The quantitative estimate of drug-likeness (QED) is 0.193. The molecule has 6 rings (SSSR count). The summed E-state index contributed by atoms with van der Waals surface area (Å²) in [5.74, 6) is 1.11. The second-order valence-corrected chi connectivity index (χ2v) is 12.3. The van der Waals surface area contributed by atoms with Crippen LogP contribution in [0.1, 0.15) is 40.0 Å². The number of anilines is 1. The van der Waals surface area contributed by atoms with Crippen LogP contribution in [0.3, 0.4) is 0 Å². The van der Waals surface area contributed by atoms with Gasteiger partial charge < -0.3 is 4.42 Å². The molecule has 0 spiro atoms. The molecule has 200 valence electrons. The number of halogens is 1. The number of benzene rings is 4. The summed E-state index contributed by atoms with van der Waals surface area (Å²) in [6, 6.07) is 33.0. The molecule has 0 N–H and O–H groups in total. The lowest BCUT2D eigenvalue weighted by atomic mass is 9.90. The van der Waals surface area contributed by atoms with Crippen LogP contribution in [0.5, 0.6) is 0 Å². The highest BCUT2D eigenvalue weighted by Gasteiger charge is 2.48. The van der Waals surface area contributed by atoms with E-state index >= 15 is 0 Å². The molecule has 0 bridgehead atoms. The summed E-state index contributed by atoms with van der Waals surface area (Å²) in [5.41, 5.74) is 5.91. The predicted molar refractivity (Wildman–Crippen MR) is 161 cm³/mol. The molecule has 1 aliphatic carbocycles. The SMILES string of the molecule is C=C1[C@H](c2ccccc2)c2c(C)oc(-c3ccc(Cl)cc3)c2[C@H]1N(c1ccccc1)S(=O)(=O)c1ccc(C)cc1. The average Bonchev–Trinajstić information content (AvgIpc) is 3.44. The van der Waals surface area contributed by atoms with Gasteiger partial charge in [-0.05, 0) is 73.5 Å². The number of furan rings is 1. The number of hydrogen-bond donors (Lipinski definition) is 0. The molecule has 0 amide bonds. The van der Waals surface area contributed by atoms with Gasteiger partial charge in [0.25, 0.3) is 10.0 Å². The topological polar surface area (TPSA) is 50.5 Å². The first-order chi connectivity index (χ1) is 19.3. The van der Waals surface area contributed by atoms with Gasteiger partial charge in [-0.2, -0.15) is 0 Å². The molecule has 1 aromatic heterocycles. The average molecular weight is 566 g/mol. The van der Waals surface area contributed by atoms with Crippen LogP contribution in [0.4, 0.5) is 5.69 Å². The fraction of sp³-hybridized carbons (Fsp3) is 0.118. The van der Waals surface area contributed by atoms with Crippen LogP contribution in [0, 0.1) is 13.8 Å². The number of hydrogen-bond acceptors (Lipinski definition) is 3. The highest BCUT2D eigenvalue weighted by Crippen LogP contribution is 2.57. The van der Waals surface area contributed by atoms with Gasteiger partial charge >= 0.3 is 0 Å². The van der Waals surface area contributed by atoms with Crippen molar-refractivity contribution in [1.82, 2.24) is 0 Å². The first kappa shape index (κ1) is 26.2. The van der Waals surface area contributed by atoms with Crippen molar-refractivity contribution in [1.29, 1.82) is 0 Å². The lowest BCUT2D eigenvalue weighted by Crippen LogP contribution is -2.35. The van der Waals surface area contributed by atoms with Gasteiger partial charge in [0.15, 0.2) is 0 Å². The van der Waals surface area contributed by atoms with E-state index in [-0.39, 0.29) is 10.8 Å². The summed E-state index contributed by atoms with van der Waals surface area (Å²) in [5, 5.41) is 0.611. The number of aryl methyl sites for hydroxylation is 2. The van der Waals surface area contributed by atoms with Crippen molar-refractivity contribution >= 4 is 27.3 Å². The minimum Gasteiger partial charge on any atom is -0.461 e. The lowest BCUT2D eigenvalue weighted by molar-refractivity contribution is 0.535. The van der Waals surface area contributed by atoms with Crippen molar-refractivity contribution in [3.63, 3.8) is 0 Å². The summed E-state index contributed by atoms with van der Waals surface area (Å²) in [6.07, 6.45) is 0. The van der Waals surface area contributed by atoms with E-state index in [1.165, 1.54) is 4.31 Å². The van der Waals surface area contributed by atoms with Crippen LogP contribution in [0.2, 0.25) is 5.02 Å². The molecule has 4 nitrogen and oxygen atoms in total. The first-order valence-corrected chi connectivity index (χ1v) is 14.9. The molecule has 0 radical (unpaired) electrons. The number of rotatable bonds is 6. The lowest BCUT2D eigenvalue weighted by Gasteiger charge is -2.32. The largest absolute Gasteiger partial charge is 0.461 e. The van der Waals surface area contributed by atoms with Crippen molar-refractivity contribution in [3.8, 4) is 11.3 Å². The van der Waals surface area contributed by atoms with Crippen LogP contribution < -0.4 is 4.31 Å². The Bertz CT molecular complexity index is 1790. The second kappa shape index (κ2) is 10.2. The van der Waals surface area contributed by atoms with Crippen molar-refractivity contribution < 1.29 is 12.8 Å². The standard InChI is InChI=1S/C34H28ClNO3S/c1-22-14-20-29(21-15-22)40(37,38)36(28-12-8-5-9-13-28)33-23(2)30(25-10-6-4-7-11-25)31-24(3)39-34(32(31)33)26-16-18-27(35)19-17-26/h4-21,30,33H,2H2,1,3H3/t30-,33+/m1/s1. The summed E-state index contributed by atoms with van der Waals surface area (Å²) >= 11 is 6.21. The van der Waals surface area contributed by atoms with E-state index in [9.17, 15) is 8.42 Å². The van der Waals surface area contributed by atoms with E-state index in [0.717, 1.165) is 39.2 Å². The molecule has 1 aliphatic rings. The maximum Gasteiger partial charge on any atom is 0.265 e. The van der Waals surface area contributed by atoms with Gasteiger partial charge in [-0.25, -0.2) is 8.42 Å². The Labute approximate surface area is 240 Å². The highest BCUT2D eigenvalue weighted by atomic mass is 35.5. The van der Waals surface area contributed by atoms with Crippen LogP contribution >= 0.6 is 11.6 Å². The monoisotopic (exact) mass is 565 g/mol. The van der Waals surface area contributed by atoms with Crippen molar-refractivity contribution in [2.24, 2.45) is 0 Å². The molecule has 0 saturated carbocycles. The summed E-state index contributed by atoms with van der Waals surface area (Å²) in [4.78, 5) is 0.215. The fourth-order valence-electron chi connectivity index (χ4n) is 5.67. The minimum absolute atomic E-state index is 0.215. The summed E-state index contributed by atoms with van der Waals surface area (Å²) in [7, 11) is -4.02. The third kappa shape index (κ3) is 4.36. The molecule has 4 aromatic carbocycles. The second-order valence-electron chi connectivity index (χ2n) is 10.1. The van der Waals surface area contributed by atoms with E-state index < -0.39 is 16.1 Å². The Morgan fingerprint density at radius 3 is 2.00 bits per heavy atom. The van der Waals surface area contributed by atoms with Gasteiger partial charge in [-0.3, -0.25) is 4.31 Å². The van der Waals surface area contributed by atoms with Gasteiger partial charge in [0, 0.05) is 27.6 Å². The Morgan fingerprint density at radius 2 is 1.38 bits per heavy atom. The Balaban J connectivity index is 1.64. The van der Waals surface area contributed by atoms with Crippen LogP contribution in [0.15, 0.2) is 131 Å². The minimum atomic E-state index is -4.02. The van der Waals surface area contributed by atoms with E-state index in [0.29, 0.717) is 16.5 Å². The zero-order valence-electron chi connectivity index (χ0n) is 22.2. The predicted octanol–water partition coefficient (Wildman–Crippen LogP) is 8.86. The van der Waals surface area contributed by atoms with Crippen LogP contribution in [-0.2, 0) is 10.0 Å². The third-order valence-electron chi connectivity index (χ3n) is 7.52. The number of para-hydroxylation sites is 1. The van der Waals surface area contributed by atoms with E-state index in [1.807, 2.05) is 98.8 Å². The van der Waals surface area contributed by atoms with Crippen molar-refractivity contribution in [2.45, 2.75) is 30.7 Å². The number of nitrogens with zero attached hydrogens (tertiary/aromatic N) is 1. The van der Waals surface area contributed by atoms with Gasteiger partial charge in [0.2, 0.25) is 0 Å². The number of sulfonamides is 1. The van der Waals surface area contributed by atoms with E-state index in [2.05, 4.69) is 18.7 Å². The molecule has 1 heterocycles. The zero-order valence-corrected chi connectivity index (χ0v) is 23.8. The normalized spacial score (nSPS) is 16.6. The molecular formula is C34H28ClNO3S. The Morgan fingerprint density at radius 1 is 0.775 bits per heavy atom. The van der Waals surface area contributed by atoms with Crippen molar-refractivity contribution in [3.05, 3.63) is 154 Å². The van der Waals surface area contributed by atoms with Crippen molar-refractivity contribution in [2.75, 3.05) is 4.31 Å². The molecule has 40 heavy (non-hydrogen) atoms. The Kier molecular flexibility index (Phi) is 6.65. The summed E-state index contributed by atoms with van der Waals surface area (Å²) < 4.78 is 37.1. The molecule has 6 heteroatoms. The Hall–Kier alpha value is -4.06. The molecule has 0 fully saturated rings. The highest BCUT2D eigenvalue weighted by molar-refractivity contribution is 7.92. The molecular weight excluding hydrogens is 538 g/mol. The number of fused-ring (bicyclic) bond motifs is 1. The third-order valence-corrected chi connectivity index (χ3v) is 9.58. The van der Waals surface area contributed by atoms with Gasteiger partial charge in [0.05, 0.1) is 16.6 Å². The first-order valence-electron chi connectivity index (χ1n) is 13.1. The fourth-order valence-corrected chi connectivity index (χ4v) is 7.42. The summed E-state index contributed by atoms with van der Waals surface area (Å²) in [6.45, 7) is 8.44. The molecule has 5 aromatic rings. The van der Waals surface area contributed by atoms with Crippen LogP contribution in [-0.4, -0.2) is 8.42 Å².